The number of phenolic OH excluding ortho intramolecular Hbond substituents is 1. The summed E-state index contributed by atoms with van der Waals surface area (Å²) in [6.07, 6.45) is 0. The molecule has 5 nitrogen and oxygen atoms in total. The van der Waals surface area contributed by atoms with Crippen LogP contribution in [0.3, 0.4) is 0 Å². The van der Waals surface area contributed by atoms with Crippen molar-refractivity contribution in [2.45, 2.75) is 0 Å². The van der Waals surface area contributed by atoms with E-state index in [0.29, 0.717) is 37.3 Å². The van der Waals surface area contributed by atoms with Gasteiger partial charge in [0.1, 0.15) is 5.75 Å². The lowest BCUT2D eigenvalue weighted by Crippen LogP contribution is -2.49. The molecule has 0 spiro atoms. The number of amides is 1. The second-order valence-corrected chi connectivity index (χ2v) is 5.87. The molecule has 1 amide bonds. The largest absolute Gasteiger partial charge is 0.507 e. The van der Waals surface area contributed by atoms with E-state index >= 15 is 0 Å². The smallest absolute Gasteiger partial charge is 0.253 e. The number of Topliss-reactive ketones (excluding diaryl/α,β-unsaturated/α-hetero) is 1. The first-order valence-electron chi connectivity index (χ1n) is 8.03. The summed E-state index contributed by atoms with van der Waals surface area (Å²) in [5.41, 5.74) is 1.04. The minimum absolute atomic E-state index is 0.0143. The van der Waals surface area contributed by atoms with Gasteiger partial charge >= 0.3 is 0 Å². The lowest BCUT2D eigenvalue weighted by molar-refractivity contribution is 0.0624. The fraction of sp³-hybridized carbons (Fsp3) is 0.263. The van der Waals surface area contributed by atoms with E-state index in [1.807, 2.05) is 40.1 Å². The number of nitrogens with zero attached hydrogens (tertiary/aromatic N) is 2. The zero-order valence-corrected chi connectivity index (χ0v) is 13.4. The second-order valence-electron chi connectivity index (χ2n) is 5.87. The van der Waals surface area contributed by atoms with Gasteiger partial charge in [0.15, 0.2) is 5.78 Å². The molecule has 3 rings (SSSR count). The van der Waals surface area contributed by atoms with E-state index < -0.39 is 0 Å². The summed E-state index contributed by atoms with van der Waals surface area (Å²) in [4.78, 5) is 28.5. The Labute approximate surface area is 141 Å². The average molecular weight is 324 g/mol. The quantitative estimate of drug-likeness (QED) is 0.874. The van der Waals surface area contributed by atoms with Crippen LogP contribution in [0.2, 0.25) is 0 Å². The highest BCUT2D eigenvalue weighted by molar-refractivity contribution is 6.00. The summed E-state index contributed by atoms with van der Waals surface area (Å²) >= 11 is 0. The van der Waals surface area contributed by atoms with Crippen LogP contribution < -0.4 is 0 Å². The predicted octanol–water partition coefficient (Wildman–Crippen LogP) is 2.03. The minimum Gasteiger partial charge on any atom is -0.507 e. The zero-order valence-electron chi connectivity index (χ0n) is 13.4. The monoisotopic (exact) mass is 324 g/mol. The van der Waals surface area contributed by atoms with Crippen LogP contribution in [0.15, 0.2) is 54.6 Å². The van der Waals surface area contributed by atoms with Gasteiger partial charge < -0.3 is 10.0 Å². The predicted molar refractivity (Wildman–Crippen MR) is 91.2 cm³/mol. The molecule has 0 bridgehead atoms. The van der Waals surface area contributed by atoms with Crippen molar-refractivity contribution in [3.63, 3.8) is 0 Å². The van der Waals surface area contributed by atoms with Crippen molar-refractivity contribution in [1.29, 1.82) is 0 Å². The standard InChI is InChI=1S/C19H20N2O3/c22-17-9-5-4-8-16(17)18(23)14-20-10-12-21(13-11-20)19(24)15-6-2-1-3-7-15/h1-9,22H,10-14H2. The maximum Gasteiger partial charge on any atom is 0.253 e. The first-order chi connectivity index (χ1) is 11.6. The molecule has 0 saturated carbocycles. The highest BCUT2D eigenvalue weighted by Gasteiger charge is 2.24. The number of piperazine rings is 1. The number of aromatic hydroxyl groups is 1. The Balaban J connectivity index is 1.55. The molecule has 1 heterocycles. The molecule has 5 heteroatoms. The van der Waals surface area contributed by atoms with E-state index in [-0.39, 0.29) is 24.0 Å². The Morgan fingerprint density at radius 2 is 1.50 bits per heavy atom. The molecule has 1 saturated heterocycles. The van der Waals surface area contributed by atoms with E-state index in [4.69, 9.17) is 0 Å². The van der Waals surface area contributed by atoms with Gasteiger partial charge in [-0.2, -0.15) is 0 Å². The third-order valence-corrected chi connectivity index (χ3v) is 4.25. The Bertz CT molecular complexity index is 722. The normalized spacial score (nSPS) is 15.2. The Morgan fingerprint density at radius 3 is 2.17 bits per heavy atom. The maximum absolute atomic E-state index is 12.4. The number of phenols is 1. The topological polar surface area (TPSA) is 60.9 Å². The average Bonchev–Trinajstić information content (AvgIpc) is 2.63. The van der Waals surface area contributed by atoms with Crippen molar-refractivity contribution in [1.82, 2.24) is 9.80 Å². The van der Waals surface area contributed by atoms with E-state index in [1.54, 1.807) is 18.2 Å². The third kappa shape index (κ3) is 3.63. The number of hydrogen-bond donors (Lipinski definition) is 1. The summed E-state index contributed by atoms with van der Waals surface area (Å²) in [7, 11) is 0. The maximum atomic E-state index is 12.4. The minimum atomic E-state index is -0.101. The van der Waals surface area contributed by atoms with Crippen LogP contribution in [0.5, 0.6) is 5.75 Å². The van der Waals surface area contributed by atoms with Gasteiger partial charge in [0.05, 0.1) is 12.1 Å². The van der Waals surface area contributed by atoms with Crippen LogP contribution >= 0.6 is 0 Å². The summed E-state index contributed by atoms with van der Waals surface area (Å²) in [6.45, 7) is 2.75. The Hall–Kier alpha value is -2.66. The number of carbonyl (C=O) groups excluding carboxylic acids is 2. The molecule has 1 N–H and O–H groups in total. The van der Waals surface area contributed by atoms with Crippen LogP contribution in [0.1, 0.15) is 20.7 Å². The molecule has 0 aliphatic carbocycles. The summed E-state index contributed by atoms with van der Waals surface area (Å²) in [5, 5.41) is 9.76. The number of hydrogen-bond acceptors (Lipinski definition) is 4. The highest BCUT2D eigenvalue weighted by atomic mass is 16.3. The van der Waals surface area contributed by atoms with Crippen molar-refractivity contribution in [3.05, 3.63) is 65.7 Å². The van der Waals surface area contributed by atoms with Gasteiger partial charge in [0.2, 0.25) is 0 Å². The van der Waals surface area contributed by atoms with Gasteiger partial charge in [-0.25, -0.2) is 0 Å². The Morgan fingerprint density at radius 1 is 0.875 bits per heavy atom. The lowest BCUT2D eigenvalue weighted by atomic mass is 10.1. The zero-order chi connectivity index (χ0) is 16.9. The molecule has 0 unspecified atom stereocenters. The molecule has 0 radical (unpaired) electrons. The van der Waals surface area contributed by atoms with Crippen LogP contribution in [0, 0.1) is 0 Å². The number of benzene rings is 2. The molecule has 1 aliphatic rings. The van der Waals surface area contributed by atoms with Crippen LogP contribution in [0.25, 0.3) is 0 Å². The van der Waals surface area contributed by atoms with Gasteiger partial charge in [-0.15, -0.1) is 0 Å². The molecule has 1 aliphatic heterocycles. The van der Waals surface area contributed by atoms with E-state index in [1.165, 1.54) is 6.07 Å². The van der Waals surface area contributed by atoms with Crippen LogP contribution in [-0.2, 0) is 0 Å². The first-order valence-corrected chi connectivity index (χ1v) is 8.03. The summed E-state index contributed by atoms with van der Waals surface area (Å²) in [6, 6.07) is 15.8. The van der Waals surface area contributed by atoms with Crippen molar-refractivity contribution >= 4 is 11.7 Å². The van der Waals surface area contributed by atoms with E-state index in [2.05, 4.69) is 0 Å². The van der Waals surface area contributed by atoms with Gasteiger partial charge in [0, 0.05) is 31.7 Å². The highest BCUT2D eigenvalue weighted by Crippen LogP contribution is 2.17. The number of ketones is 1. The summed E-state index contributed by atoms with van der Waals surface area (Å²) < 4.78 is 0. The number of rotatable bonds is 4. The Kier molecular flexibility index (Phi) is 4.91. The summed E-state index contributed by atoms with van der Waals surface area (Å²) in [5.74, 6) is -0.0568. The third-order valence-electron chi connectivity index (χ3n) is 4.25. The SMILES string of the molecule is O=C(CN1CCN(C(=O)c2ccccc2)CC1)c1ccccc1O. The van der Waals surface area contributed by atoms with E-state index in [0.717, 1.165) is 0 Å². The molecule has 2 aromatic rings. The molecular weight excluding hydrogens is 304 g/mol. The second kappa shape index (κ2) is 7.27. The lowest BCUT2D eigenvalue weighted by Gasteiger charge is -2.34. The molecule has 2 aromatic carbocycles. The van der Waals surface area contributed by atoms with Crippen molar-refractivity contribution < 1.29 is 14.7 Å². The molecular formula is C19H20N2O3. The molecule has 0 atom stereocenters. The van der Waals surface area contributed by atoms with Crippen molar-refractivity contribution in [3.8, 4) is 5.75 Å². The number of para-hydroxylation sites is 1. The molecule has 124 valence electrons. The van der Waals surface area contributed by atoms with Gasteiger partial charge in [-0.3, -0.25) is 14.5 Å². The van der Waals surface area contributed by atoms with Gasteiger partial charge in [-0.05, 0) is 24.3 Å². The van der Waals surface area contributed by atoms with Crippen LogP contribution in [-0.4, -0.2) is 59.3 Å². The number of carbonyl (C=O) groups is 2. The van der Waals surface area contributed by atoms with Crippen molar-refractivity contribution in [2.75, 3.05) is 32.7 Å². The van der Waals surface area contributed by atoms with Gasteiger partial charge in [-0.1, -0.05) is 30.3 Å². The fourth-order valence-electron chi connectivity index (χ4n) is 2.87. The first kappa shape index (κ1) is 16.2. The van der Waals surface area contributed by atoms with E-state index in [9.17, 15) is 14.7 Å². The molecule has 24 heavy (non-hydrogen) atoms. The fourth-order valence-corrected chi connectivity index (χ4v) is 2.87. The van der Waals surface area contributed by atoms with Gasteiger partial charge in [0.25, 0.3) is 5.91 Å². The van der Waals surface area contributed by atoms with Crippen molar-refractivity contribution in [2.24, 2.45) is 0 Å². The molecule has 1 fully saturated rings. The molecule has 0 aromatic heterocycles. The van der Waals surface area contributed by atoms with Crippen LogP contribution in [0.4, 0.5) is 0 Å².